The molecule has 1 unspecified atom stereocenters. The Hall–Kier alpha value is -0.445. The molecule has 0 aromatic carbocycles. The van der Waals surface area contributed by atoms with Crippen molar-refractivity contribution >= 4 is 6.98 Å². The molecular weight excluding hydrogens is 156 g/mol. The zero-order valence-corrected chi connectivity index (χ0v) is 5.93. The maximum absolute atomic E-state index is 12.0. The third kappa shape index (κ3) is 2.25. The van der Waals surface area contributed by atoms with Crippen LogP contribution < -0.4 is 0 Å². The van der Waals surface area contributed by atoms with Gasteiger partial charge in [0.1, 0.15) is 0 Å². The van der Waals surface area contributed by atoms with Gasteiger partial charge in [-0.1, -0.05) is 6.42 Å². The van der Waals surface area contributed by atoms with Crippen molar-refractivity contribution in [2.24, 2.45) is 0 Å². The predicted molar refractivity (Wildman–Crippen MR) is 37.0 cm³/mol. The van der Waals surface area contributed by atoms with E-state index in [0.717, 1.165) is 6.08 Å². The summed E-state index contributed by atoms with van der Waals surface area (Å²) in [4.78, 5) is 0. The summed E-state index contributed by atoms with van der Waals surface area (Å²) >= 11 is 0. The van der Waals surface area contributed by atoms with Crippen LogP contribution in [0.5, 0.6) is 0 Å². The molecule has 0 fully saturated rings. The normalized spacial score (nSPS) is 26.5. The Kier molecular flexibility index (Phi) is 2.27. The number of rotatable bonds is 1. The van der Waals surface area contributed by atoms with E-state index >= 15 is 0 Å². The van der Waals surface area contributed by atoms with Crippen LogP contribution in [-0.2, 0) is 0 Å². The first kappa shape index (κ1) is 8.65. The molecule has 0 heterocycles. The van der Waals surface area contributed by atoms with Gasteiger partial charge in [-0.2, -0.15) is 0 Å². The lowest BCUT2D eigenvalue weighted by molar-refractivity contribution is 0.163. The molecule has 0 saturated heterocycles. The van der Waals surface area contributed by atoms with Crippen LogP contribution in [-0.4, -0.2) is 18.2 Å². The van der Waals surface area contributed by atoms with Gasteiger partial charge in [0.25, 0.3) is 0 Å². The maximum Gasteiger partial charge on any atom is 0.505 e. The summed E-state index contributed by atoms with van der Waals surface area (Å²) in [5.41, 5.74) is -0.435. The van der Waals surface area contributed by atoms with Crippen molar-refractivity contribution in [3.8, 4) is 0 Å². The molecule has 0 spiro atoms. The van der Waals surface area contributed by atoms with Crippen LogP contribution in [0, 0.1) is 0 Å². The molecule has 0 aliphatic heterocycles. The Morgan fingerprint density at radius 2 is 2.09 bits per heavy atom. The molecule has 1 rings (SSSR count). The first-order valence-electron chi connectivity index (χ1n) is 3.57. The second-order valence-electron chi connectivity index (χ2n) is 2.78. The molecule has 5 heteroatoms. The molecule has 1 aliphatic carbocycles. The molecular formula is C6H9BF3O-. The van der Waals surface area contributed by atoms with Crippen molar-refractivity contribution < 1.29 is 18.1 Å². The largest absolute Gasteiger partial charge is 0.505 e. The van der Waals surface area contributed by atoms with Gasteiger partial charge < -0.3 is 18.1 Å². The van der Waals surface area contributed by atoms with E-state index in [2.05, 4.69) is 0 Å². The van der Waals surface area contributed by atoms with Crippen LogP contribution in [0.3, 0.4) is 0 Å². The Balaban J connectivity index is 2.62. The Labute approximate surface area is 63.0 Å². The van der Waals surface area contributed by atoms with Gasteiger partial charge in [-0.25, -0.2) is 0 Å². The summed E-state index contributed by atoms with van der Waals surface area (Å²) in [7, 11) is 0. The van der Waals surface area contributed by atoms with Gasteiger partial charge in [-0.05, 0) is 12.8 Å². The average molecular weight is 165 g/mol. The highest BCUT2D eigenvalue weighted by atomic mass is 19.4. The van der Waals surface area contributed by atoms with Gasteiger partial charge in [0, 0.05) is 0 Å². The summed E-state index contributed by atoms with van der Waals surface area (Å²) in [6.07, 6.45) is 0.902. The van der Waals surface area contributed by atoms with E-state index in [-0.39, 0.29) is 19.3 Å². The van der Waals surface area contributed by atoms with Crippen LogP contribution in [0.25, 0.3) is 0 Å². The van der Waals surface area contributed by atoms with Gasteiger partial charge in [0.15, 0.2) is 0 Å². The molecule has 11 heavy (non-hydrogen) atoms. The van der Waals surface area contributed by atoms with Crippen LogP contribution in [0.4, 0.5) is 12.9 Å². The van der Waals surface area contributed by atoms with Crippen LogP contribution in [0.1, 0.15) is 19.3 Å². The van der Waals surface area contributed by atoms with Gasteiger partial charge in [-0.3, -0.25) is 0 Å². The molecule has 1 nitrogen and oxygen atoms in total. The third-order valence-electron chi connectivity index (χ3n) is 1.84. The summed E-state index contributed by atoms with van der Waals surface area (Å²) < 4.78 is 35.9. The minimum atomic E-state index is -4.80. The summed E-state index contributed by atoms with van der Waals surface area (Å²) in [6.45, 7) is -4.80. The van der Waals surface area contributed by atoms with Gasteiger partial charge in [0.05, 0.1) is 6.10 Å². The molecule has 1 N–H and O–H groups in total. The van der Waals surface area contributed by atoms with Gasteiger partial charge in [-0.15, -0.1) is 11.5 Å². The molecule has 0 aromatic heterocycles. The number of aliphatic hydroxyl groups excluding tert-OH is 1. The second kappa shape index (κ2) is 2.89. The summed E-state index contributed by atoms with van der Waals surface area (Å²) in [5, 5.41) is 8.89. The molecule has 0 bridgehead atoms. The first-order valence-corrected chi connectivity index (χ1v) is 3.57. The summed E-state index contributed by atoms with van der Waals surface area (Å²) in [5.74, 6) is 0. The van der Waals surface area contributed by atoms with Gasteiger partial charge >= 0.3 is 6.98 Å². The molecule has 0 aromatic rings. The lowest BCUT2D eigenvalue weighted by atomic mass is 9.73. The van der Waals surface area contributed by atoms with E-state index in [1.165, 1.54) is 0 Å². The molecule has 1 atom stereocenters. The minimum Gasteiger partial charge on any atom is -0.445 e. The number of hydrogen-bond donors (Lipinski definition) is 1. The monoisotopic (exact) mass is 165 g/mol. The smallest absolute Gasteiger partial charge is 0.445 e. The maximum atomic E-state index is 12.0. The SMILES string of the molecule is OC1CC=C([B-](F)(F)F)CC1. The van der Waals surface area contributed by atoms with Crippen molar-refractivity contribution in [2.75, 3.05) is 0 Å². The van der Waals surface area contributed by atoms with Crippen molar-refractivity contribution in [3.05, 3.63) is 11.5 Å². The van der Waals surface area contributed by atoms with Crippen molar-refractivity contribution in [3.63, 3.8) is 0 Å². The molecule has 0 amide bonds. The van der Waals surface area contributed by atoms with Crippen LogP contribution in [0.2, 0.25) is 0 Å². The Morgan fingerprint density at radius 1 is 1.45 bits per heavy atom. The number of hydrogen-bond acceptors (Lipinski definition) is 1. The number of allylic oxidation sites excluding steroid dienone is 1. The molecule has 1 aliphatic rings. The fraction of sp³-hybridized carbons (Fsp3) is 0.667. The third-order valence-corrected chi connectivity index (χ3v) is 1.84. The number of aliphatic hydroxyl groups is 1. The highest BCUT2D eigenvalue weighted by Gasteiger charge is 2.29. The quantitative estimate of drug-likeness (QED) is 0.587. The van der Waals surface area contributed by atoms with Crippen molar-refractivity contribution in [2.45, 2.75) is 25.4 Å². The molecule has 64 valence electrons. The Morgan fingerprint density at radius 3 is 2.45 bits per heavy atom. The van der Waals surface area contributed by atoms with E-state index in [1.807, 2.05) is 0 Å². The standard InChI is InChI=1S/C6H9BF3O/c8-7(9,10)5-1-3-6(11)4-2-5/h1,6,11H,2-4H2/q-1. The predicted octanol–water partition coefficient (Wildman–Crippen LogP) is 1.84. The van der Waals surface area contributed by atoms with E-state index in [9.17, 15) is 12.9 Å². The summed E-state index contributed by atoms with van der Waals surface area (Å²) in [6, 6.07) is 0. The van der Waals surface area contributed by atoms with E-state index in [4.69, 9.17) is 5.11 Å². The molecule has 0 saturated carbocycles. The van der Waals surface area contributed by atoms with E-state index < -0.39 is 18.6 Å². The first-order chi connectivity index (χ1) is 5.00. The second-order valence-corrected chi connectivity index (χ2v) is 2.78. The zero-order chi connectivity index (χ0) is 8.48. The topological polar surface area (TPSA) is 20.2 Å². The number of halogens is 3. The average Bonchev–Trinajstić information content (AvgIpc) is 1.86. The molecule has 0 radical (unpaired) electrons. The zero-order valence-electron chi connectivity index (χ0n) is 5.93. The lowest BCUT2D eigenvalue weighted by Crippen LogP contribution is -2.24. The van der Waals surface area contributed by atoms with Crippen LogP contribution >= 0.6 is 0 Å². The van der Waals surface area contributed by atoms with E-state index in [1.54, 1.807) is 0 Å². The van der Waals surface area contributed by atoms with Crippen LogP contribution in [0.15, 0.2) is 11.5 Å². The highest BCUT2D eigenvalue weighted by molar-refractivity contribution is 6.66. The fourth-order valence-electron chi connectivity index (χ4n) is 1.14. The highest BCUT2D eigenvalue weighted by Crippen LogP contribution is 2.28. The minimum absolute atomic E-state index is 0.0231. The Bertz CT molecular complexity index is 175. The van der Waals surface area contributed by atoms with E-state index in [0.29, 0.717) is 0 Å². The van der Waals surface area contributed by atoms with Gasteiger partial charge in [0.2, 0.25) is 0 Å². The lowest BCUT2D eigenvalue weighted by Gasteiger charge is -2.24. The van der Waals surface area contributed by atoms with Crippen molar-refractivity contribution in [1.29, 1.82) is 0 Å². The fourth-order valence-corrected chi connectivity index (χ4v) is 1.14. The van der Waals surface area contributed by atoms with Crippen molar-refractivity contribution in [1.82, 2.24) is 0 Å².